The molecule has 0 bridgehead atoms. The van der Waals surface area contributed by atoms with Gasteiger partial charge in [0.25, 0.3) is 5.91 Å². The van der Waals surface area contributed by atoms with Gasteiger partial charge in [-0.3, -0.25) is 9.59 Å². The molecule has 2 aromatic carbocycles. The summed E-state index contributed by atoms with van der Waals surface area (Å²) in [6, 6.07) is 12.6. The Balaban J connectivity index is 1.37. The number of aromatic amines is 1. The summed E-state index contributed by atoms with van der Waals surface area (Å²) >= 11 is 6.23. The largest absolute Gasteiger partial charge is 0.333 e. The Bertz CT molecular complexity index is 1720. The standard InChI is InChI=1S/C27H19ClF2N6O2/c28-16-4-1-3-15(11-16)17-8-10-35(27(38)18-5-2-9-36-14-31-12-22(18)36)13-21(17)32-26(37)25-33-23-19(29)6-7-20(30)24(23)34-25/h1-7,9,11-12,14,17H,8,10,13H2,(H,33,34)/t17-/m0/s1. The molecule has 11 heteroatoms. The van der Waals surface area contributed by atoms with Crippen molar-refractivity contribution in [1.82, 2.24) is 24.3 Å². The number of carbonyl (C=O) groups excluding carboxylic acids is 2. The van der Waals surface area contributed by atoms with Gasteiger partial charge in [0, 0.05) is 29.4 Å². The molecule has 2 amide bonds. The van der Waals surface area contributed by atoms with E-state index in [-0.39, 0.29) is 35.2 Å². The Morgan fingerprint density at radius 2 is 1.95 bits per heavy atom. The fourth-order valence-corrected chi connectivity index (χ4v) is 5.02. The van der Waals surface area contributed by atoms with Gasteiger partial charge in [0.2, 0.25) is 0 Å². The number of halogens is 3. The number of imidazole rings is 2. The minimum atomic E-state index is -0.797. The minimum Gasteiger partial charge on any atom is -0.333 e. The summed E-state index contributed by atoms with van der Waals surface area (Å²) in [5.41, 5.74) is 1.90. The van der Waals surface area contributed by atoms with Crippen LogP contribution in [0, 0.1) is 11.6 Å². The van der Waals surface area contributed by atoms with Gasteiger partial charge < -0.3 is 14.3 Å². The van der Waals surface area contributed by atoms with E-state index in [4.69, 9.17) is 11.6 Å². The number of pyridine rings is 1. The number of H-pyrrole nitrogens is 1. The first-order valence-electron chi connectivity index (χ1n) is 11.8. The van der Waals surface area contributed by atoms with Crippen molar-refractivity contribution in [2.24, 2.45) is 4.99 Å². The van der Waals surface area contributed by atoms with Crippen LogP contribution in [-0.2, 0) is 0 Å². The molecule has 3 aromatic heterocycles. The molecule has 1 aliphatic heterocycles. The number of likely N-dealkylation sites (tertiary alicyclic amines) is 1. The third kappa shape index (κ3) is 4.22. The van der Waals surface area contributed by atoms with Crippen molar-refractivity contribution in [2.75, 3.05) is 13.1 Å². The maximum Gasteiger partial charge on any atom is 0.312 e. The van der Waals surface area contributed by atoms with Gasteiger partial charge in [0.05, 0.1) is 30.1 Å². The smallest absolute Gasteiger partial charge is 0.312 e. The van der Waals surface area contributed by atoms with Gasteiger partial charge in [0.1, 0.15) is 16.9 Å². The molecule has 1 N–H and O–H groups in total. The topological polar surface area (TPSA) is 95.7 Å². The highest BCUT2D eigenvalue weighted by molar-refractivity contribution is 6.30. The molecule has 6 rings (SSSR count). The molecule has 8 nitrogen and oxygen atoms in total. The van der Waals surface area contributed by atoms with E-state index in [2.05, 4.69) is 19.9 Å². The molecular weight excluding hydrogens is 514 g/mol. The Kier molecular flexibility index (Phi) is 5.96. The summed E-state index contributed by atoms with van der Waals surface area (Å²) in [4.78, 5) is 43.2. The summed E-state index contributed by atoms with van der Waals surface area (Å²) in [6.07, 6.45) is 5.52. The Morgan fingerprint density at radius 3 is 2.76 bits per heavy atom. The van der Waals surface area contributed by atoms with Gasteiger partial charge in [-0.25, -0.2) is 23.7 Å². The maximum absolute atomic E-state index is 14.2. The lowest BCUT2D eigenvalue weighted by atomic mass is 9.87. The molecule has 0 saturated carbocycles. The van der Waals surface area contributed by atoms with Crippen LogP contribution in [0.25, 0.3) is 16.6 Å². The number of nitrogens with one attached hydrogen (secondary N) is 1. The molecule has 1 fully saturated rings. The fourth-order valence-electron chi connectivity index (χ4n) is 4.82. The summed E-state index contributed by atoms with van der Waals surface area (Å²) < 4.78 is 30.1. The quantitative estimate of drug-likeness (QED) is 0.351. The van der Waals surface area contributed by atoms with Gasteiger partial charge in [0.15, 0.2) is 11.6 Å². The summed E-state index contributed by atoms with van der Waals surface area (Å²) in [7, 11) is 0. The predicted octanol–water partition coefficient (Wildman–Crippen LogP) is 5.05. The second-order valence-corrected chi connectivity index (χ2v) is 9.41. The summed E-state index contributed by atoms with van der Waals surface area (Å²) in [5.74, 6) is -3.12. The first-order valence-corrected chi connectivity index (χ1v) is 12.2. The highest BCUT2D eigenvalue weighted by Crippen LogP contribution is 2.30. The average molecular weight is 533 g/mol. The van der Waals surface area contributed by atoms with Crippen molar-refractivity contribution in [3.8, 4) is 0 Å². The molecular formula is C27H19ClF2N6O2. The zero-order valence-corrected chi connectivity index (χ0v) is 20.5. The van der Waals surface area contributed by atoms with Crippen LogP contribution in [0.1, 0.15) is 38.9 Å². The van der Waals surface area contributed by atoms with Gasteiger partial charge in [-0.15, -0.1) is 0 Å². The van der Waals surface area contributed by atoms with E-state index in [1.165, 1.54) is 0 Å². The molecule has 1 atom stereocenters. The first kappa shape index (κ1) is 23.9. The van der Waals surface area contributed by atoms with Crippen LogP contribution in [0.2, 0.25) is 5.02 Å². The Morgan fingerprint density at radius 1 is 1.11 bits per heavy atom. The Hall–Kier alpha value is -4.44. The van der Waals surface area contributed by atoms with E-state index in [1.54, 1.807) is 58.4 Å². The number of fused-ring (bicyclic) bond motifs is 2. The molecule has 5 aromatic rings. The second kappa shape index (κ2) is 9.46. The summed E-state index contributed by atoms with van der Waals surface area (Å²) in [6.45, 7) is 0.485. The number of rotatable bonds is 3. The van der Waals surface area contributed by atoms with Gasteiger partial charge >= 0.3 is 5.91 Å². The molecule has 190 valence electrons. The number of piperidine rings is 1. The number of hydrogen-bond acceptors (Lipinski definition) is 4. The maximum atomic E-state index is 14.2. The predicted molar refractivity (Wildman–Crippen MR) is 138 cm³/mol. The van der Waals surface area contributed by atoms with Gasteiger partial charge in [-0.05, 0) is 48.4 Å². The van der Waals surface area contributed by atoms with Gasteiger partial charge in [-0.1, -0.05) is 23.7 Å². The van der Waals surface area contributed by atoms with Crippen LogP contribution in [0.15, 0.2) is 72.2 Å². The number of carbonyl (C=O) groups is 2. The number of aromatic nitrogens is 4. The Labute approximate surface area is 219 Å². The lowest BCUT2D eigenvalue weighted by Gasteiger charge is -2.33. The van der Waals surface area contributed by atoms with E-state index in [1.807, 2.05) is 6.07 Å². The molecule has 0 spiro atoms. The van der Waals surface area contributed by atoms with Crippen LogP contribution in [-0.4, -0.2) is 54.9 Å². The highest BCUT2D eigenvalue weighted by Gasteiger charge is 2.31. The normalized spacial score (nSPS) is 17.0. The number of amides is 2. The van der Waals surface area contributed by atoms with E-state index in [0.717, 1.165) is 17.7 Å². The zero-order chi connectivity index (χ0) is 26.4. The summed E-state index contributed by atoms with van der Waals surface area (Å²) in [5, 5.41) is 0.530. The molecule has 0 radical (unpaired) electrons. The van der Waals surface area contributed by atoms with Gasteiger partial charge in [-0.2, -0.15) is 0 Å². The van der Waals surface area contributed by atoms with Crippen LogP contribution < -0.4 is 0 Å². The number of hydrogen-bond donors (Lipinski definition) is 1. The SMILES string of the molecule is O=C(N=C1CN(C(=O)c2cccn3cncc23)CC[C@H]1c1cccc(Cl)c1)c1nc2c(F)ccc(F)c2[nH]1. The van der Waals surface area contributed by atoms with Crippen molar-refractivity contribution < 1.29 is 18.4 Å². The van der Waals surface area contributed by atoms with Crippen molar-refractivity contribution in [3.63, 3.8) is 0 Å². The molecule has 38 heavy (non-hydrogen) atoms. The van der Waals surface area contributed by atoms with Crippen LogP contribution >= 0.6 is 11.6 Å². The van der Waals surface area contributed by atoms with Crippen molar-refractivity contribution >= 4 is 45.7 Å². The minimum absolute atomic E-state index is 0.0693. The molecule has 4 heterocycles. The van der Waals surface area contributed by atoms with E-state index < -0.39 is 17.5 Å². The monoisotopic (exact) mass is 532 g/mol. The highest BCUT2D eigenvalue weighted by atomic mass is 35.5. The van der Waals surface area contributed by atoms with Crippen molar-refractivity contribution in [3.05, 3.63) is 101 Å². The van der Waals surface area contributed by atoms with Crippen molar-refractivity contribution in [1.29, 1.82) is 0 Å². The van der Waals surface area contributed by atoms with Crippen molar-refractivity contribution in [2.45, 2.75) is 12.3 Å². The third-order valence-electron chi connectivity index (χ3n) is 6.66. The first-order chi connectivity index (χ1) is 18.4. The zero-order valence-electron chi connectivity index (χ0n) is 19.7. The molecule has 1 saturated heterocycles. The molecule has 0 aliphatic carbocycles. The lowest BCUT2D eigenvalue weighted by Crippen LogP contribution is -2.44. The lowest BCUT2D eigenvalue weighted by molar-refractivity contribution is 0.0765. The molecule has 0 unspecified atom stereocenters. The average Bonchev–Trinajstić information content (AvgIpc) is 3.59. The van der Waals surface area contributed by atoms with Crippen LogP contribution in [0.5, 0.6) is 0 Å². The van der Waals surface area contributed by atoms with E-state index in [0.29, 0.717) is 34.8 Å². The van der Waals surface area contributed by atoms with Crippen LogP contribution in [0.3, 0.4) is 0 Å². The van der Waals surface area contributed by atoms with E-state index in [9.17, 15) is 18.4 Å². The number of aliphatic imine (C=N–C) groups is 1. The third-order valence-corrected chi connectivity index (χ3v) is 6.89. The van der Waals surface area contributed by atoms with Crippen LogP contribution in [0.4, 0.5) is 8.78 Å². The number of benzene rings is 2. The number of nitrogens with zero attached hydrogens (tertiary/aromatic N) is 5. The molecule has 1 aliphatic rings. The fraction of sp³-hybridized carbons (Fsp3) is 0.148. The second-order valence-electron chi connectivity index (χ2n) is 8.98. The van der Waals surface area contributed by atoms with E-state index >= 15 is 0 Å².